The topological polar surface area (TPSA) is 69.3 Å². The summed E-state index contributed by atoms with van der Waals surface area (Å²) in [5.74, 6) is 0. The molecule has 0 bridgehead atoms. The first kappa shape index (κ1) is 18.4. The zero-order valence-electron chi connectivity index (χ0n) is 13.4. The molecule has 0 aliphatic carbocycles. The second-order valence-electron chi connectivity index (χ2n) is 5.16. The first-order chi connectivity index (χ1) is 10.1. The summed E-state index contributed by atoms with van der Waals surface area (Å²) in [6, 6.07) is 0.841. The SMILES string of the molecule is CO[Si](C)(CCCNC(=O)OCCN1CCOCC1)OC. The fourth-order valence-electron chi connectivity index (χ4n) is 2.03. The molecule has 0 aromatic carbocycles. The van der Waals surface area contributed by atoms with Crippen LogP contribution in [0, 0.1) is 0 Å². The zero-order chi connectivity index (χ0) is 15.6. The molecule has 1 aliphatic heterocycles. The quantitative estimate of drug-likeness (QED) is 0.501. The maximum absolute atomic E-state index is 11.5. The maximum Gasteiger partial charge on any atom is 0.407 e. The molecule has 1 heterocycles. The Hall–Kier alpha value is -0.673. The second kappa shape index (κ2) is 10.1. The molecule has 1 saturated heterocycles. The molecule has 1 aliphatic rings. The number of carbonyl (C=O) groups excluding carboxylic acids is 1. The van der Waals surface area contributed by atoms with E-state index >= 15 is 0 Å². The molecule has 0 aromatic heterocycles. The molecule has 0 aromatic rings. The summed E-state index contributed by atoms with van der Waals surface area (Å²) in [4.78, 5) is 13.7. The minimum absolute atomic E-state index is 0.360. The lowest BCUT2D eigenvalue weighted by Crippen LogP contribution is -2.39. The van der Waals surface area contributed by atoms with Gasteiger partial charge < -0.3 is 23.6 Å². The third-order valence-corrected chi connectivity index (χ3v) is 6.67. The molecule has 1 rings (SSSR count). The van der Waals surface area contributed by atoms with Gasteiger partial charge in [-0.3, -0.25) is 4.90 Å². The van der Waals surface area contributed by atoms with Crippen molar-refractivity contribution in [1.82, 2.24) is 10.2 Å². The highest BCUT2D eigenvalue weighted by Gasteiger charge is 2.27. The first-order valence-corrected chi connectivity index (χ1v) is 9.93. The van der Waals surface area contributed by atoms with Gasteiger partial charge >= 0.3 is 14.7 Å². The molecule has 8 heteroatoms. The highest BCUT2D eigenvalue weighted by Crippen LogP contribution is 2.12. The van der Waals surface area contributed by atoms with Crippen LogP contribution in [0.5, 0.6) is 0 Å². The summed E-state index contributed by atoms with van der Waals surface area (Å²) in [7, 11) is 1.31. The van der Waals surface area contributed by atoms with Crippen molar-refractivity contribution < 1.29 is 23.1 Å². The molecule has 0 unspecified atom stereocenters. The van der Waals surface area contributed by atoms with Gasteiger partial charge in [0.2, 0.25) is 0 Å². The van der Waals surface area contributed by atoms with Gasteiger partial charge in [-0.1, -0.05) is 0 Å². The number of carbonyl (C=O) groups is 1. The van der Waals surface area contributed by atoms with Gasteiger partial charge in [-0.05, 0) is 19.0 Å². The van der Waals surface area contributed by atoms with E-state index in [9.17, 15) is 4.79 Å². The zero-order valence-corrected chi connectivity index (χ0v) is 14.4. The van der Waals surface area contributed by atoms with Crippen molar-refractivity contribution in [2.24, 2.45) is 0 Å². The van der Waals surface area contributed by atoms with E-state index < -0.39 is 8.56 Å². The van der Waals surface area contributed by atoms with Gasteiger partial charge in [-0.15, -0.1) is 0 Å². The third kappa shape index (κ3) is 7.77. The molecule has 21 heavy (non-hydrogen) atoms. The average Bonchev–Trinajstić information content (AvgIpc) is 2.52. The summed E-state index contributed by atoms with van der Waals surface area (Å²) in [5.41, 5.74) is 0. The number of hydrogen-bond acceptors (Lipinski definition) is 6. The molecular weight excluding hydrogens is 292 g/mol. The van der Waals surface area contributed by atoms with Crippen LogP contribution in [0.1, 0.15) is 6.42 Å². The Kier molecular flexibility index (Phi) is 8.86. The summed E-state index contributed by atoms with van der Waals surface area (Å²) in [6.45, 7) is 7.08. The third-order valence-electron chi connectivity index (χ3n) is 3.68. The van der Waals surface area contributed by atoms with Crippen LogP contribution in [-0.2, 0) is 18.3 Å². The number of rotatable bonds is 9. The summed E-state index contributed by atoms with van der Waals surface area (Å²) < 4.78 is 21.2. The van der Waals surface area contributed by atoms with Crippen LogP contribution in [0.15, 0.2) is 0 Å². The Morgan fingerprint density at radius 1 is 1.29 bits per heavy atom. The monoisotopic (exact) mass is 320 g/mol. The van der Waals surface area contributed by atoms with Crippen LogP contribution >= 0.6 is 0 Å². The predicted molar refractivity (Wildman–Crippen MR) is 81.7 cm³/mol. The molecule has 0 spiro atoms. The van der Waals surface area contributed by atoms with Crippen molar-refractivity contribution in [3.63, 3.8) is 0 Å². The molecule has 0 atom stereocenters. The molecule has 0 saturated carbocycles. The fraction of sp³-hybridized carbons (Fsp3) is 0.923. The number of alkyl carbamates (subject to hydrolysis) is 1. The Morgan fingerprint density at radius 2 is 1.95 bits per heavy atom. The lowest BCUT2D eigenvalue weighted by Gasteiger charge is -2.26. The standard InChI is InChI=1S/C13H28N2O5Si/c1-17-21(3,18-2)12-4-5-14-13(16)20-11-8-15-6-9-19-10-7-15/h4-12H2,1-3H3,(H,14,16). The first-order valence-electron chi connectivity index (χ1n) is 7.40. The minimum Gasteiger partial charge on any atom is -0.448 e. The van der Waals surface area contributed by atoms with E-state index in [4.69, 9.17) is 18.3 Å². The van der Waals surface area contributed by atoms with E-state index in [0.29, 0.717) is 13.2 Å². The van der Waals surface area contributed by atoms with Crippen LogP contribution in [-0.4, -0.2) is 79.8 Å². The van der Waals surface area contributed by atoms with Crippen molar-refractivity contribution in [3.05, 3.63) is 0 Å². The summed E-state index contributed by atoms with van der Waals surface area (Å²) >= 11 is 0. The largest absolute Gasteiger partial charge is 0.448 e. The van der Waals surface area contributed by atoms with Gasteiger partial charge in [0.15, 0.2) is 0 Å². The molecule has 1 fully saturated rings. The number of nitrogens with one attached hydrogen (secondary N) is 1. The number of ether oxygens (including phenoxy) is 2. The lowest BCUT2D eigenvalue weighted by atomic mass is 10.4. The summed E-state index contributed by atoms with van der Waals surface area (Å²) in [6.07, 6.45) is 0.463. The van der Waals surface area contributed by atoms with E-state index in [1.165, 1.54) is 0 Å². The van der Waals surface area contributed by atoms with Crippen molar-refractivity contribution >= 4 is 14.7 Å². The van der Waals surface area contributed by atoms with E-state index in [-0.39, 0.29) is 6.09 Å². The highest BCUT2D eigenvalue weighted by molar-refractivity contribution is 6.65. The van der Waals surface area contributed by atoms with Crippen molar-refractivity contribution in [2.75, 3.05) is 60.2 Å². The van der Waals surface area contributed by atoms with Crippen molar-refractivity contribution in [3.8, 4) is 0 Å². The average molecular weight is 320 g/mol. The van der Waals surface area contributed by atoms with E-state index in [1.54, 1.807) is 14.2 Å². The molecule has 124 valence electrons. The maximum atomic E-state index is 11.5. The van der Waals surface area contributed by atoms with Crippen molar-refractivity contribution in [2.45, 2.75) is 19.0 Å². The highest BCUT2D eigenvalue weighted by atomic mass is 28.4. The number of amides is 1. The molecule has 0 radical (unpaired) electrons. The Bertz CT molecular complexity index is 296. The smallest absolute Gasteiger partial charge is 0.407 e. The van der Waals surface area contributed by atoms with Crippen LogP contribution in [0.25, 0.3) is 0 Å². The fourth-order valence-corrected chi connectivity index (χ4v) is 3.42. The van der Waals surface area contributed by atoms with Gasteiger partial charge in [0, 0.05) is 40.4 Å². The molecule has 1 N–H and O–H groups in total. The van der Waals surface area contributed by atoms with E-state index in [2.05, 4.69) is 10.2 Å². The number of morpholine rings is 1. The van der Waals surface area contributed by atoms with Crippen LogP contribution in [0.2, 0.25) is 12.6 Å². The van der Waals surface area contributed by atoms with Gasteiger partial charge in [-0.25, -0.2) is 4.79 Å². The molecule has 1 amide bonds. The van der Waals surface area contributed by atoms with E-state index in [1.807, 2.05) is 6.55 Å². The van der Waals surface area contributed by atoms with Crippen LogP contribution in [0.4, 0.5) is 4.79 Å². The number of nitrogens with zero attached hydrogens (tertiary/aromatic N) is 1. The van der Waals surface area contributed by atoms with Crippen LogP contribution in [0.3, 0.4) is 0 Å². The van der Waals surface area contributed by atoms with Gasteiger partial charge in [0.25, 0.3) is 0 Å². The molecule has 7 nitrogen and oxygen atoms in total. The summed E-state index contributed by atoms with van der Waals surface area (Å²) in [5, 5.41) is 2.75. The predicted octanol–water partition coefficient (Wildman–Crippen LogP) is 0.800. The van der Waals surface area contributed by atoms with Gasteiger partial charge in [0.1, 0.15) is 6.61 Å². The van der Waals surface area contributed by atoms with Crippen molar-refractivity contribution in [1.29, 1.82) is 0 Å². The van der Waals surface area contributed by atoms with Crippen LogP contribution < -0.4 is 5.32 Å². The molecular formula is C13H28N2O5Si. The van der Waals surface area contributed by atoms with Gasteiger partial charge in [-0.2, -0.15) is 0 Å². The Morgan fingerprint density at radius 3 is 2.57 bits per heavy atom. The lowest BCUT2D eigenvalue weighted by molar-refractivity contribution is 0.0281. The van der Waals surface area contributed by atoms with E-state index in [0.717, 1.165) is 45.3 Å². The number of hydrogen-bond donors (Lipinski definition) is 1. The Balaban J connectivity index is 2.00. The normalized spacial score (nSPS) is 16.7. The van der Waals surface area contributed by atoms with Gasteiger partial charge in [0.05, 0.1) is 13.2 Å². The second-order valence-corrected chi connectivity index (χ2v) is 8.75. The Labute approximate surface area is 128 Å². The minimum atomic E-state index is -2.03.